The van der Waals surface area contributed by atoms with Crippen LogP contribution in [0.4, 0.5) is 4.39 Å². The van der Waals surface area contributed by atoms with Crippen molar-refractivity contribution < 1.29 is 14.3 Å². The fourth-order valence-electron chi connectivity index (χ4n) is 1.97. The molecular formula is C14H9FN2O2S2. The highest BCUT2D eigenvalue weighted by molar-refractivity contribution is 7.98. The second-order valence-electron chi connectivity index (χ2n) is 4.15. The third-order valence-electron chi connectivity index (χ3n) is 2.85. The largest absolute Gasteiger partial charge is 0.477 e. The van der Waals surface area contributed by atoms with E-state index in [1.54, 1.807) is 30.6 Å². The number of hydrogen-bond acceptors (Lipinski definition) is 5. The molecular weight excluding hydrogens is 311 g/mol. The highest BCUT2D eigenvalue weighted by Crippen LogP contribution is 2.36. The molecule has 3 rings (SSSR count). The Balaban J connectivity index is 2.03. The summed E-state index contributed by atoms with van der Waals surface area (Å²) in [5.41, 5.74) is 0.484. The van der Waals surface area contributed by atoms with Gasteiger partial charge in [-0.1, -0.05) is 17.8 Å². The van der Waals surface area contributed by atoms with Crippen LogP contribution >= 0.6 is 23.1 Å². The summed E-state index contributed by atoms with van der Waals surface area (Å²) in [5.74, 6) is -1.13. The van der Waals surface area contributed by atoms with Crippen molar-refractivity contribution in [1.29, 1.82) is 0 Å². The van der Waals surface area contributed by atoms with Crippen molar-refractivity contribution in [2.45, 2.75) is 10.9 Å². The van der Waals surface area contributed by atoms with Crippen LogP contribution in [-0.4, -0.2) is 21.0 Å². The van der Waals surface area contributed by atoms with Gasteiger partial charge in [-0.25, -0.2) is 19.2 Å². The van der Waals surface area contributed by atoms with Crippen LogP contribution < -0.4 is 0 Å². The smallest absolute Gasteiger partial charge is 0.346 e. The van der Waals surface area contributed by atoms with Crippen LogP contribution in [0.25, 0.3) is 10.1 Å². The number of fused-ring (bicyclic) bond motifs is 1. The predicted octanol–water partition coefficient (Wildman–Crippen LogP) is 3.82. The van der Waals surface area contributed by atoms with E-state index in [0.29, 0.717) is 26.6 Å². The Bertz CT molecular complexity index is 805. The molecule has 0 aliphatic rings. The molecule has 7 heteroatoms. The zero-order valence-electron chi connectivity index (χ0n) is 10.6. The molecule has 0 aliphatic heterocycles. The summed E-state index contributed by atoms with van der Waals surface area (Å²) >= 11 is 2.38. The first-order valence-electron chi connectivity index (χ1n) is 6.00. The lowest BCUT2D eigenvalue weighted by Crippen LogP contribution is -1.97. The van der Waals surface area contributed by atoms with Crippen LogP contribution in [0.1, 0.15) is 15.2 Å². The molecule has 4 nitrogen and oxygen atoms in total. The van der Waals surface area contributed by atoms with E-state index < -0.39 is 11.8 Å². The second kappa shape index (κ2) is 5.79. The summed E-state index contributed by atoms with van der Waals surface area (Å²) in [6, 6.07) is 6.35. The number of aromatic carboxylic acids is 1. The van der Waals surface area contributed by atoms with Crippen molar-refractivity contribution in [2.75, 3.05) is 0 Å². The Morgan fingerprint density at radius 2 is 2.05 bits per heavy atom. The molecule has 2 aromatic heterocycles. The van der Waals surface area contributed by atoms with Crippen molar-refractivity contribution in [2.24, 2.45) is 0 Å². The Kier molecular flexibility index (Phi) is 3.85. The van der Waals surface area contributed by atoms with Crippen LogP contribution in [0.3, 0.4) is 0 Å². The third-order valence-corrected chi connectivity index (χ3v) is 4.93. The van der Waals surface area contributed by atoms with Crippen molar-refractivity contribution in [3.8, 4) is 0 Å². The molecule has 1 N–H and O–H groups in total. The number of carbonyl (C=O) groups is 1. The Labute approximate surface area is 127 Å². The van der Waals surface area contributed by atoms with Crippen molar-refractivity contribution >= 4 is 39.2 Å². The first-order valence-corrected chi connectivity index (χ1v) is 7.80. The highest BCUT2D eigenvalue weighted by Gasteiger charge is 2.20. The summed E-state index contributed by atoms with van der Waals surface area (Å²) in [6.45, 7) is 0. The minimum absolute atomic E-state index is 0.165. The summed E-state index contributed by atoms with van der Waals surface area (Å²) in [6.07, 6.45) is 3.22. The Hall–Kier alpha value is -1.99. The van der Waals surface area contributed by atoms with E-state index in [0.717, 1.165) is 11.3 Å². The first-order chi connectivity index (χ1) is 10.2. The van der Waals surface area contributed by atoms with Gasteiger partial charge in [-0.2, -0.15) is 0 Å². The van der Waals surface area contributed by atoms with Crippen molar-refractivity contribution in [3.63, 3.8) is 0 Å². The number of halogens is 1. The molecule has 3 aromatic rings. The monoisotopic (exact) mass is 320 g/mol. The number of thiophene rings is 1. The SMILES string of the molecule is O=C(O)c1sc2cccc(F)c2c1CSc1ncccn1. The van der Waals surface area contributed by atoms with E-state index in [1.165, 1.54) is 17.8 Å². The van der Waals surface area contributed by atoms with Gasteiger partial charge in [0.05, 0.1) is 0 Å². The normalized spacial score (nSPS) is 10.9. The molecule has 0 unspecified atom stereocenters. The molecule has 21 heavy (non-hydrogen) atoms. The van der Waals surface area contributed by atoms with Gasteiger partial charge in [-0.15, -0.1) is 11.3 Å². The zero-order valence-corrected chi connectivity index (χ0v) is 12.2. The lowest BCUT2D eigenvalue weighted by atomic mass is 10.1. The zero-order chi connectivity index (χ0) is 14.8. The van der Waals surface area contributed by atoms with Gasteiger partial charge in [0.1, 0.15) is 10.7 Å². The van der Waals surface area contributed by atoms with E-state index in [1.807, 2.05) is 0 Å². The summed E-state index contributed by atoms with van der Waals surface area (Å²) in [5, 5.41) is 10.2. The number of carboxylic acid groups (broad SMARTS) is 1. The Morgan fingerprint density at radius 1 is 1.29 bits per heavy atom. The van der Waals surface area contributed by atoms with E-state index in [4.69, 9.17) is 0 Å². The van der Waals surface area contributed by atoms with Crippen LogP contribution in [0.5, 0.6) is 0 Å². The van der Waals surface area contributed by atoms with Gasteiger partial charge < -0.3 is 5.11 Å². The molecule has 0 aliphatic carbocycles. The minimum Gasteiger partial charge on any atom is -0.477 e. The highest BCUT2D eigenvalue weighted by atomic mass is 32.2. The summed E-state index contributed by atoms with van der Waals surface area (Å²) in [7, 11) is 0. The van der Waals surface area contributed by atoms with Gasteiger partial charge in [-0.05, 0) is 23.8 Å². The van der Waals surface area contributed by atoms with Crippen LogP contribution in [0.2, 0.25) is 0 Å². The molecule has 0 bridgehead atoms. The molecule has 0 fully saturated rings. The average Bonchev–Trinajstić information content (AvgIpc) is 2.86. The molecule has 0 saturated carbocycles. The van der Waals surface area contributed by atoms with E-state index in [-0.39, 0.29) is 4.88 Å². The third kappa shape index (κ3) is 2.74. The number of hydrogen-bond donors (Lipinski definition) is 1. The number of carboxylic acids is 1. The van der Waals surface area contributed by atoms with Gasteiger partial charge in [0.2, 0.25) is 0 Å². The molecule has 106 valence electrons. The van der Waals surface area contributed by atoms with Gasteiger partial charge >= 0.3 is 5.97 Å². The molecule has 0 spiro atoms. The molecule has 1 aromatic carbocycles. The maximum Gasteiger partial charge on any atom is 0.346 e. The molecule has 0 amide bonds. The maximum absolute atomic E-state index is 14.0. The molecule has 2 heterocycles. The first kappa shape index (κ1) is 14.0. The Morgan fingerprint density at radius 3 is 2.76 bits per heavy atom. The standard InChI is InChI=1S/C14H9FN2O2S2/c15-9-3-1-4-10-11(9)8(12(21-10)13(18)19)7-20-14-16-5-2-6-17-14/h1-6H,7H2,(H,18,19). The maximum atomic E-state index is 14.0. The van der Waals surface area contributed by atoms with Gasteiger partial charge in [0.25, 0.3) is 0 Å². The van der Waals surface area contributed by atoms with E-state index in [9.17, 15) is 14.3 Å². The number of thioether (sulfide) groups is 1. The molecule has 0 radical (unpaired) electrons. The second-order valence-corrected chi connectivity index (χ2v) is 6.14. The van der Waals surface area contributed by atoms with E-state index in [2.05, 4.69) is 9.97 Å². The lowest BCUT2D eigenvalue weighted by molar-refractivity contribution is 0.0701. The van der Waals surface area contributed by atoms with Gasteiger partial charge in [-0.3, -0.25) is 0 Å². The average molecular weight is 320 g/mol. The fourth-order valence-corrected chi connectivity index (χ4v) is 3.97. The number of nitrogens with zero attached hydrogens (tertiary/aromatic N) is 2. The van der Waals surface area contributed by atoms with Crippen LogP contribution in [-0.2, 0) is 5.75 Å². The molecule has 0 atom stereocenters. The van der Waals surface area contributed by atoms with Gasteiger partial charge in [0, 0.05) is 28.2 Å². The van der Waals surface area contributed by atoms with Crippen molar-refractivity contribution in [3.05, 3.63) is 52.9 Å². The lowest BCUT2D eigenvalue weighted by Gasteiger charge is -2.02. The van der Waals surface area contributed by atoms with Crippen molar-refractivity contribution in [1.82, 2.24) is 9.97 Å². The van der Waals surface area contributed by atoms with Crippen LogP contribution in [0, 0.1) is 5.82 Å². The topological polar surface area (TPSA) is 63.1 Å². The predicted molar refractivity (Wildman–Crippen MR) is 80.3 cm³/mol. The molecule has 0 saturated heterocycles. The quantitative estimate of drug-likeness (QED) is 0.585. The fraction of sp³-hybridized carbons (Fsp3) is 0.0714. The number of rotatable bonds is 4. The summed E-state index contributed by atoms with van der Waals surface area (Å²) < 4.78 is 14.7. The number of benzene rings is 1. The number of aromatic nitrogens is 2. The minimum atomic E-state index is -1.04. The van der Waals surface area contributed by atoms with Crippen LogP contribution in [0.15, 0.2) is 41.8 Å². The van der Waals surface area contributed by atoms with Gasteiger partial charge in [0.15, 0.2) is 5.16 Å². The van der Waals surface area contributed by atoms with E-state index >= 15 is 0 Å². The summed E-state index contributed by atoms with van der Waals surface area (Å²) in [4.78, 5) is 19.7.